The van der Waals surface area contributed by atoms with E-state index in [9.17, 15) is 18.0 Å². The fourth-order valence-corrected chi connectivity index (χ4v) is 1.55. The van der Waals surface area contributed by atoms with E-state index in [1.54, 1.807) is 0 Å². The Morgan fingerprint density at radius 2 is 1.32 bits per heavy atom. The average Bonchev–Trinajstić information content (AvgIpc) is 2.28. The van der Waals surface area contributed by atoms with Gasteiger partial charge in [-0.2, -0.15) is 8.42 Å². The summed E-state index contributed by atoms with van der Waals surface area (Å²) in [6.07, 6.45) is 0. The Morgan fingerprint density at radius 1 is 1.00 bits per heavy atom. The summed E-state index contributed by atoms with van der Waals surface area (Å²) in [7, 11) is -0.892. The number of nitrogens with one attached hydrogen (secondary N) is 1. The first kappa shape index (κ1) is 17.0. The summed E-state index contributed by atoms with van der Waals surface area (Å²) in [5.74, 6) is -2.99. The Labute approximate surface area is 109 Å². The Morgan fingerprint density at radius 3 is 1.53 bits per heavy atom. The van der Waals surface area contributed by atoms with E-state index in [-0.39, 0.29) is 0 Å². The van der Waals surface area contributed by atoms with Gasteiger partial charge in [-0.15, -0.1) is 0 Å². The van der Waals surface area contributed by atoms with Crippen LogP contribution in [-0.2, 0) is 10.1 Å². The lowest BCUT2D eigenvalue weighted by molar-refractivity contribution is 0.0696. The molecular weight excluding hydrogens is 278 g/mol. The molecular formula is C10H13NO7S. The second-order valence-corrected chi connectivity index (χ2v) is 4.75. The lowest BCUT2D eigenvalue weighted by Crippen LogP contribution is -2.07. The fraction of sp³-hybridized carbons (Fsp3) is 0.200. The van der Waals surface area contributed by atoms with E-state index in [1.807, 2.05) is 14.1 Å². The van der Waals surface area contributed by atoms with E-state index in [1.165, 1.54) is 0 Å². The number of hydrogen-bond acceptors (Lipinski definition) is 5. The standard InChI is InChI=1S/C8H6O7S.C2H7N/c9-7(10)4-1-5(8(11)12)3-6(2-4)16(13,14)15;1-3-2/h1-3H,(H,9,10)(H,11,12)(H,13,14,15);3H,1-2H3. The minimum atomic E-state index is -4.64. The Bertz CT molecular complexity index is 547. The SMILES string of the molecule is CNC.O=C(O)c1cc(C(=O)O)cc(S(=O)(=O)O)c1. The predicted octanol–water partition coefficient (Wildman–Crippen LogP) is 0.165. The maximum absolute atomic E-state index is 10.8. The van der Waals surface area contributed by atoms with Crippen LogP contribution in [0.25, 0.3) is 0 Å². The second-order valence-electron chi connectivity index (χ2n) is 3.33. The number of aromatic carboxylic acids is 2. The molecule has 0 aliphatic rings. The van der Waals surface area contributed by atoms with Crippen molar-refractivity contribution in [3.05, 3.63) is 29.3 Å². The van der Waals surface area contributed by atoms with E-state index < -0.39 is 38.1 Å². The van der Waals surface area contributed by atoms with Gasteiger partial charge in [-0.1, -0.05) is 0 Å². The van der Waals surface area contributed by atoms with Crippen LogP contribution in [0.15, 0.2) is 23.1 Å². The van der Waals surface area contributed by atoms with Gasteiger partial charge in [0.1, 0.15) is 0 Å². The number of hydrogen-bond donors (Lipinski definition) is 4. The van der Waals surface area contributed by atoms with Crippen molar-refractivity contribution >= 4 is 22.1 Å². The van der Waals surface area contributed by atoms with Crippen molar-refractivity contribution in [3.63, 3.8) is 0 Å². The van der Waals surface area contributed by atoms with Crippen molar-refractivity contribution in [2.75, 3.05) is 14.1 Å². The van der Waals surface area contributed by atoms with E-state index in [0.29, 0.717) is 12.1 Å². The summed E-state index contributed by atoms with van der Waals surface area (Å²) in [5, 5.41) is 20.0. The molecule has 0 aliphatic carbocycles. The molecule has 0 saturated carbocycles. The minimum Gasteiger partial charge on any atom is -0.478 e. The molecule has 0 aliphatic heterocycles. The molecule has 8 nitrogen and oxygen atoms in total. The smallest absolute Gasteiger partial charge is 0.335 e. The normalized spacial score (nSPS) is 10.3. The molecule has 106 valence electrons. The van der Waals surface area contributed by atoms with Gasteiger partial charge in [0.05, 0.1) is 16.0 Å². The number of carboxylic acids is 2. The highest BCUT2D eigenvalue weighted by Crippen LogP contribution is 2.15. The minimum absolute atomic E-state index is 0.535. The molecule has 0 unspecified atom stereocenters. The van der Waals surface area contributed by atoms with Gasteiger partial charge in [-0.3, -0.25) is 4.55 Å². The predicted molar refractivity (Wildman–Crippen MR) is 65.2 cm³/mol. The quantitative estimate of drug-likeness (QED) is 0.577. The maximum atomic E-state index is 10.8. The lowest BCUT2D eigenvalue weighted by atomic mass is 10.1. The summed E-state index contributed by atoms with van der Waals surface area (Å²) in [5.41, 5.74) is -1.07. The van der Waals surface area contributed by atoms with Gasteiger partial charge in [0.25, 0.3) is 10.1 Å². The summed E-state index contributed by atoms with van der Waals surface area (Å²) in [6.45, 7) is 0. The Hall–Kier alpha value is -1.97. The van der Waals surface area contributed by atoms with Gasteiger partial charge < -0.3 is 15.5 Å². The highest BCUT2D eigenvalue weighted by Gasteiger charge is 2.17. The highest BCUT2D eigenvalue weighted by atomic mass is 32.2. The molecule has 0 saturated heterocycles. The van der Waals surface area contributed by atoms with Gasteiger partial charge in [-0.25, -0.2) is 9.59 Å². The second kappa shape index (κ2) is 6.83. The van der Waals surface area contributed by atoms with Gasteiger partial charge >= 0.3 is 11.9 Å². The summed E-state index contributed by atoms with van der Waals surface area (Å²) in [6, 6.07) is 2.13. The zero-order valence-corrected chi connectivity index (χ0v) is 10.9. The van der Waals surface area contributed by atoms with Crippen molar-refractivity contribution in [3.8, 4) is 0 Å². The van der Waals surface area contributed by atoms with Crippen LogP contribution in [0, 0.1) is 0 Å². The van der Waals surface area contributed by atoms with Crippen molar-refractivity contribution in [1.82, 2.24) is 5.32 Å². The fourth-order valence-electron chi connectivity index (χ4n) is 0.995. The molecule has 1 aromatic rings. The lowest BCUT2D eigenvalue weighted by Gasteiger charge is -2.02. The molecule has 4 N–H and O–H groups in total. The van der Waals surface area contributed by atoms with Crippen molar-refractivity contribution in [2.24, 2.45) is 0 Å². The van der Waals surface area contributed by atoms with Crippen LogP contribution in [0.1, 0.15) is 20.7 Å². The third-order valence-electron chi connectivity index (χ3n) is 1.70. The van der Waals surface area contributed by atoms with E-state index in [4.69, 9.17) is 14.8 Å². The molecule has 0 bridgehead atoms. The van der Waals surface area contributed by atoms with E-state index in [0.717, 1.165) is 6.07 Å². The van der Waals surface area contributed by atoms with Crippen LogP contribution < -0.4 is 5.32 Å². The van der Waals surface area contributed by atoms with Crippen molar-refractivity contribution in [1.29, 1.82) is 0 Å². The molecule has 0 heterocycles. The molecule has 1 rings (SSSR count). The Balaban J connectivity index is 0.000000982. The number of carbonyl (C=O) groups is 2. The summed E-state index contributed by atoms with van der Waals surface area (Å²) >= 11 is 0. The first-order valence-electron chi connectivity index (χ1n) is 4.81. The van der Waals surface area contributed by atoms with Crippen LogP contribution in [-0.4, -0.2) is 49.2 Å². The van der Waals surface area contributed by atoms with E-state index in [2.05, 4.69) is 5.32 Å². The van der Waals surface area contributed by atoms with Gasteiger partial charge in [0.2, 0.25) is 0 Å². The molecule has 1 aromatic carbocycles. The molecule has 0 atom stereocenters. The zero-order chi connectivity index (χ0) is 15.2. The number of rotatable bonds is 3. The first-order valence-corrected chi connectivity index (χ1v) is 6.25. The Kier molecular flexibility index (Phi) is 6.12. The highest BCUT2D eigenvalue weighted by molar-refractivity contribution is 7.85. The van der Waals surface area contributed by atoms with Gasteiger partial charge in [0.15, 0.2) is 0 Å². The average molecular weight is 291 g/mol. The van der Waals surface area contributed by atoms with Crippen LogP contribution in [0.4, 0.5) is 0 Å². The zero-order valence-electron chi connectivity index (χ0n) is 10.1. The molecule has 0 aromatic heterocycles. The van der Waals surface area contributed by atoms with Crippen LogP contribution in [0.2, 0.25) is 0 Å². The summed E-state index contributed by atoms with van der Waals surface area (Å²) < 4.78 is 30.2. The maximum Gasteiger partial charge on any atom is 0.335 e. The third-order valence-corrected chi connectivity index (χ3v) is 2.53. The topological polar surface area (TPSA) is 141 Å². The largest absolute Gasteiger partial charge is 0.478 e. The molecule has 0 amide bonds. The van der Waals surface area contributed by atoms with Crippen molar-refractivity contribution < 1.29 is 32.8 Å². The van der Waals surface area contributed by atoms with Crippen LogP contribution in [0.5, 0.6) is 0 Å². The van der Waals surface area contributed by atoms with E-state index >= 15 is 0 Å². The summed E-state index contributed by atoms with van der Waals surface area (Å²) in [4.78, 5) is 20.4. The van der Waals surface area contributed by atoms with Crippen LogP contribution in [0.3, 0.4) is 0 Å². The van der Waals surface area contributed by atoms with Crippen molar-refractivity contribution in [2.45, 2.75) is 4.90 Å². The third kappa shape index (κ3) is 5.46. The monoisotopic (exact) mass is 291 g/mol. The van der Waals surface area contributed by atoms with Gasteiger partial charge in [-0.05, 0) is 32.3 Å². The molecule has 0 radical (unpaired) electrons. The molecule has 0 spiro atoms. The molecule has 19 heavy (non-hydrogen) atoms. The number of benzene rings is 1. The number of carboxylic acid groups (broad SMARTS) is 2. The first-order chi connectivity index (χ1) is 8.63. The molecule has 9 heteroatoms. The molecule has 0 fully saturated rings. The van der Waals surface area contributed by atoms with Crippen LogP contribution >= 0.6 is 0 Å². The van der Waals surface area contributed by atoms with Gasteiger partial charge in [0, 0.05) is 0 Å².